The lowest BCUT2D eigenvalue weighted by Crippen LogP contribution is -2.38. The third-order valence-corrected chi connectivity index (χ3v) is 7.13. The Hall–Kier alpha value is -2.20. The standard InChI is InChI=1S/C20H25N5OS/c1-13-5-3-4-8-25(13)18-16-14(2)17(27-19(16)23-12-22-18)20(26)24-9-6-15(11-21)7-10-24/h12-13,15H,3-10H2,1-2H3. The van der Waals surface area contributed by atoms with Gasteiger partial charge < -0.3 is 9.80 Å². The summed E-state index contributed by atoms with van der Waals surface area (Å²) in [5.41, 5.74) is 0.996. The summed E-state index contributed by atoms with van der Waals surface area (Å²) in [5, 5.41) is 10.1. The maximum atomic E-state index is 13.1. The van der Waals surface area contributed by atoms with E-state index in [9.17, 15) is 4.79 Å². The molecule has 2 fully saturated rings. The van der Waals surface area contributed by atoms with Gasteiger partial charge in [-0.3, -0.25) is 4.79 Å². The Labute approximate surface area is 163 Å². The van der Waals surface area contributed by atoms with E-state index in [4.69, 9.17) is 5.26 Å². The van der Waals surface area contributed by atoms with Crippen LogP contribution in [0, 0.1) is 24.2 Å². The molecule has 0 saturated carbocycles. The van der Waals surface area contributed by atoms with Crippen LogP contribution in [0.1, 0.15) is 54.3 Å². The Morgan fingerprint density at radius 1 is 1.22 bits per heavy atom. The van der Waals surface area contributed by atoms with Crippen molar-refractivity contribution in [2.45, 2.75) is 52.0 Å². The second-order valence-electron chi connectivity index (χ2n) is 7.67. The van der Waals surface area contributed by atoms with Crippen molar-refractivity contribution in [3.8, 4) is 6.07 Å². The number of hydrogen-bond donors (Lipinski definition) is 0. The van der Waals surface area contributed by atoms with Crippen LogP contribution in [0.2, 0.25) is 0 Å². The maximum absolute atomic E-state index is 13.1. The van der Waals surface area contributed by atoms with Crippen molar-refractivity contribution in [1.29, 1.82) is 5.26 Å². The average molecular weight is 384 g/mol. The highest BCUT2D eigenvalue weighted by Crippen LogP contribution is 2.37. The first kappa shape index (κ1) is 18.2. The van der Waals surface area contributed by atoms with E-state index in [0.29, 0.717) is 19.1 Å². The van der Waals surface area contributed by atoms with Gasteiger partial charge in [-0.05, 0) is 51.5 Å². The lowest BCUT2D eigenvalue weighted by atomic mass is 9.98. The minimum Gasteiger partial charge on any atom is -0.353 e. The second kappa shape index (κ2) is 7.43. The van der Waals surface area contributed by atoms with Crippen LogP contribution in [0.3, 0.4) is 0 Å². The smallest absolute Gasteiger partial charge is 0.264 e. The molecule has 6 nitrogen and oxygen atoms in total. The Morgan fingerprint density at radius 3 is 2.70 bits per heavy atom. The molecule has 2 aliphatic rings. The molecule has 1 unspecified atom stereocenters. The van der Waals surface area contributed by atoms with E-state index in [0.717, 1.165) is 45.9 Å². The first-order valence-corrected chi connectivity index (χ1v) is 10.6. The molecule has 0 N–H and O–H groups in total. The third kappa shape index (κ3) is 3.27. The Balaban J connectivity index is 1.67. The Morgan fingerprint density at radius 2 is 2.00 bits per heavy atom. The lowest BCUT2D eigenvalue weighted by Gasteiger charge is -2.34. The number of thiophene rings is 1. The van der Waals surface area contributed by atoms with Gasteiger partial charge in [0.15, 0.2) is 0 Å². The Bertz CT molecular complexity index is 894. The number of piperidine rings is 2. The SMILES string of the molecule is Cc1c(C(=O)N2CCC(C#N)CC2)sc2ncnc(N3CCCCC3C)c12. The minimum atomic E-state index is 0.0736. The van der Waals surface area contributed by atoms with Crippen molar-refractivity contribution >= 4 is 33.3 Å². The summed E-state index contributed by atoms with van der Waals surface area (Å²) in [6.07, 6.45) is 6.77. The van der Waals surface area contributed by atoms with E-state index in [2.05, 4.69) is 27.9 Å². The first-order valence-electron chi connectivity index (χ1n) is 9.79. The van der Waals surface area contributed by atoms with E-state index in [1.807, 2.05) is 11.8 Å². The summed E-state index contributed by atoms with van der Waals surface area (Å²) in [6.45, 7) is 6.60. The van der Waals surface area contributed by atoms with Gasteiger partial charge in [-0.25, -0.2) is 9.97 Å². The van der Waals surface area contributed by atoms with Gasteiger partial charge in [0.25, 0.3) is 5.91 Å². The molecule has 0 spiro atoms. The van der Waals surface area contributed by atoms with Crippen molar-refractivity contribution < 1.29 is 4.79 Å². The van der Waals surface area contributed by atoms with Gasteiger partial charge in [0, 0.05) is 31.6 Å². The lowest BCUT2D eigenvalue weighted by molar-refractivity contribution is 0.0711. The molecule has 2 saturated heterocycles. The fourth-order valence-electron chi connectivity index (χ4n) is 4.24. The van der Waals surface area contributed by atoms with Gasteiger partial charge in [0.05, 0.1) is 16.3 Å². The summed E-state index contributed by atoms with van der Waals surface area (Å²) in [6, 6.07) is 2.78. The molecule has 4 rings (SSSR count). The normalized spacial score (nSPS) is 21.4. The minimum absolute atomic E-state index is 0.0736. The Kier molecular flexibility index (Phi) is 5.00. The van der Waals surface area contributed by atoms with Crippen molar-refractivity contribution in [3.05, 3.63) is 16.8 Å². The van der Waals surface area contributed by atoms with E-state index >= 15 is 0 Å². The highest BCUT2D eigenvalue weighted by atomic mass is 32.1. The van der Waals surface area contributed by atoms with Crippen LogP contribution in [-0.4, -0.2) is 46.5 Å². The fraction of sp³-hybridized carbons (Fsp3) is 0.600. The number of carbonyl (C=O) groups excluding carboxylic acids is 1. The summed E-state index contributed by atoms with van der Waals surface area (Å²) in [4.78, 5) is 28.1. The molecule has 0 aromatic carbocycles. The molecule has 2 aliphatic heterocycles. The van der Waals surface area contributed by atoms with E-state index < -0.39 is 0 Å². The largest absolute Gasteiger partial charge is 0.353 e. The number of aromatic nitrogens is 2. The van der Waals surface area contributed by atoms with Gasteiger partial charge >= 0.3 is 0 Å². The zero-order valence-electron chi connectivity index (χ0n) is 15.9. The van der Waals surface area contributed by atoms with Crippen molar-refractivity contribution in [1.82, 2.24) is 14.9 Å². The number of nitrogens with zero attached hydrogens (tertiary/aromatic N) is 5. The number of hydrogen-bond acceptors (Lipinski definition) is 6. The molecule has 0 aliphatic carbocycles. The molecule has 7 heteroatoms. The molecule has 1 amide bonds. The van der Waals surface area contributed by atoms with Gasteiger partial charge in [-0.2, -0.15) is 5.26 Å². The van der Waals surface area contributed by atoms with Crippen LogP contribution in [0.5, 0.6) is 0 Å². The van der Waals surface area contributed by atoms with E-state index in [1.54, 1.807) is 6.33 Å². The molecule has 142 valence electrons. The number of carbonyl (C=O) groups is 1. The van der Waals surface area contributed by atoms with Gasteiger partial charge in [0.2, 0.25) is 0 Å². The molecular formula is C20H25N5OS. The number of nitriles is 1. The topological polar surface area (TPSA) is 73.1 Å². The summed E-state index contributed by atoms with van der Waals surface area (Å²) >= 11 is 1.48. The number of rotatable bonds is 2. The molecule has 4 heterocycles. The monoisotopic (exact) mass is 383 g/mol. The van der Waals surface area contributed by atoms with Crippen molar-refractivity contribution in [2.75, 3.05) is 24.5 Å². The van der Waals surface area contributed by atoms with Crippen LogP contribution in [0.25, 0.3) is 10.2 Å². The maximum Gasteiger partial charge on any atom is 0.264 e. The molecule has 27 heavy (non-hydrogen) atoms. The number of amides is 1. The number of anilines is 1. The first-order chi connectivity index (χ1) is 13.1. The van der Waals surface area contributed by atoms with Gasteiger partial charge in [0.1, 0.15) is 17.0 Å². The highest BCUT2D eigenvalue weighted by Gasteiger charge is 2.29. The number of likely N-dealkylation sites (tertiary alicyclic amines) is 1. The molecule has 0 radical (unpaired) electrons. The van der Waals surface area contributed by atoms with Gasteiger partial charge in [-0.15, -0.1) is 11.3 Å². The quantitative estimate of drug-likeness (QED) is 0.789. The molecule has 1 atom stereocenters. The molecular weight excluding hydrogens is 358 g/mol. The molecule has 2 aromatic rings. The average Bonchev–Trinajstić information content (AvgIpc) is 3.05. The van der Waals surface area contributed by atoms with Crippen molar-refractivity contribution in [3.63, 3.8) is 0 Å². The van der Waals surface area contributed by atoms with E-state index in [1.165, 1.54) is 30.6 Å². The van der Waals surface area contributed by atoms with Crippen LogP contribution in [0.4, 0.5) is 5.82 Å². The predicted molar refractivity (Wildman–Crippen MR) is 107 cm³/mol. The fourth-order valence-corrected chi connectivity index (χ4v) is 5.35. The van der Waals surface area contributed by atoms with Crippen LogP contribution < -0.4 is 4.90 Å². The molecule has 0 bridgehead atoms. The summed E-state index contributed by atoms with van der Waals surface area (Å²) in [5.74, 6) is 1.13. The van der Waals surface area contributed by atoms with E-state index in [-0.39, 0.29) is 11.8 Å². The predicted octanol–water partition coefficient (Wildman–Crippen LogP) is 3.75. The molecule has 2 aromatic heterocycles. The highest BCUT2D eigenvalue weighted by molar-refractivity contribution is 7.20. The zero-order chi connectivity index (χ0) is 19.0. The summed E-state index contributed by atoms with van der Waals surface area (Å²) in [7, 11) is 0. The van der Waals surface area contributed by atoms with Gasteiger partial charge in [-0.1, -0.05) is 0 Å². The number of fused-ring (bicyclic) bond motifs is 1. The van der Waals surface area contributed by atoms with Crippen LogP contribution in [0.15, 0.2) is 6.33 Å². The zero-order valence-corrected chi connectivity index (χ0v) is 16.8. The van der Waals surface area contributed by atoms with Crippen LogP contribution in [-0.2, 0) is 0 Å². The summed E-state index contributed by atoms with van der Waals surface area (Å²) < 4.78 is 0. The van der Waals surface area contributed by atoms with Crippen LogP contribution >= 0.6 is 11.3 Å². The number of aryl methyl sites for hydroxylation is 1. The third-order valence-electron chi connectivity index (χ3n) is 5.94. The van der Waals surface area contributed by atoms with Crippen molar-refractivity contribution in [2.24, 2.45) is 5.92 Å². The second-order valence-corrected chi connectivity index (χ2v) is 8.67.